The van der Waals surface area contributed by atoms with E-state index in [-0.39, 0.29) is 24.4 Å². The number of para-hydroxylation sites is 1. The van der Waals surface area contributed by atoms with Crippen molar-refractivity contribution < 1.29 is 9.53 Å². The minimum absolute atomic E-state index is 0. The third-order valence-electron chi connectivity index (χ3n) is 2.98. The van der Waals surface area contributed by atoms with Crippen LogP contribution in [0.4, 0.5) is 0 Å². The van der Waals surface area contributed by atoms with Crippen LogP contribution in [0, 0.1) is 0 Å². The van der Waals surface area contributed by atoms with Gasteiger partial charge in [0.2, 0.25) is 5.91 Å². The molecule has 1 aromatic rings. The standard InChI is InChI=1S/C15H23ClN2O2.ClH/c1-2-3-6-12(11-17)18-15(19)9-10-20-14-8-5-4-7-13(14)16;/h4-5,7-8,12H,2-3,6,9-11,17H2,1H3,(H,18,19);1H. The van der Waals surface area contributed by atoms with E-state index in [0.717, 1.165) is 19.3 Å². The molecule has 0 aliphatic rings. The summed E-state index contributed by atoms with van der Waals surface area (Å²) in [6, 6.07) is 7.27. The van der Waals surface area contributed by atoms with E-state index in [4.69, 9.17) is 22.1 Å². The van der Waals surface area contributed by atoms with E-state index < -0.39 is 0 Å². The highest BCUT2D eigenvalue weighted by Crippen LogP contribution is 2.22. The van der Waals surface area contributed by atoms with Crippen LogP contribution in [0.15, 0.2) is 24.3 Å². The Bertz CT molecular complexity index is 416. The fourth-order valence-corrected chi connectivity index (χ4v) is 2.01. The number of halogens is 2. The maximum absolute atomic E-state index is 11.8. The predicted octanol–water partition coefficient (Wildman–Crippen LogP) is 3.16. The molecule has 0 radical (unpaired) electrons. The zero-order valence-electron chi connectivity index (χ0n) is 12.3. The number of hydrogen-bond donors (Lipinski definition) is 2. The van der Waals surface area contributed by atoms with Crippen molar-refractivity contribution in [1.29, 1.82) is 0 Å². The van der Waals surface area contributed by atoms with Crippen LogP contribution in [0.2, 0.25) is 5.02 Å². The molecule has 1 rings (SSSR count). The summed E-state index contributed by atoms with van der Waals surface area (Å²) in [7, 11) is 0. The van der Waals surface area contributed by atoms with Gasteiger partial charge in [-0.3, -0.25) is 4.79 Å². The number of rotatable bonds is 9. The van der Waals surface area contributed by atoms with Crippen molar-refractivity contribution in [3.63, 3.8) is 0 Å². The first-order chi connectivity index (χ1) is 9.67. The smallest absolute Gasteiger partial charge is 0.223 e. The second-order valence-electron chi connectivity index (χ2n) is 4.67. The van der Waals surface area contributed by atoms with Gasteiger partial charge < -0.3 is 15.8 Å². The minimum Gasteiger partial charge on any atom is -0.491 e. The van der Waals surface area contributed by atoms with Gasteiger partial charge >= 0.3 is 0 Å². The average Bonchev–Trinajstić information content (AvgIpc) is 2.45. The molecular formula is C15H24Cl2N2O2. The largest absolute Gasteiger partial charge is 0.491 e. The summed E-state index contributed by atoms with van der Waals surface area (Å²) >= 11 is 5.96. The first kappa shape index (κ1) is 20.0. The van der Waals surface area contributed by atoms with Gasteiger partial charge in [0.15, 0.2) is 0 Å². The summed E-state index contributed by atoms with van der Waals surface area (Å²) in [6.07, 6.45) is 3.39. The highest BCUT2D eigenvalue weighted by Gasteiger charge is 2.10. The SMILES string of the molecule is CCCCC(CN)NC(=O)CCOc1ccccc1Cl.Cl. The summed E-state index contributed by atoms with van der Waals surface area (Å²) in [4.78, 5) is 11.8. The molecule has 0 aliphatic carbocycles. The van der Waals surface area contributed by atoms with E-state index in [2.05, 4.69) is 12.2 Å². The lowest BCUT2D eigenvalue weighted by Gasteiger charge is -2.16. The molecule has 21 heavy (non-hydrogen) atoms. The third-order valence-corrected chi connectivity index (χ3v) is 3.29. The van der Waals surface area contributed by atoms with Gasteiger partial charge in [0.1, 0.15) is 5.75 Å². The molecule has 0 saturated heterocycles. The molecule has 0 bridgehead atoms. The number of carbonyl (C=O) groups is 1. The number of nitrogens with one attached hydrogen (secondary N) is 1. The molecular weight excluding hydrogens is 311 g/mol. The van der Waals surface area contributed by atoms with Gasteiger partial charge in [-0.2, -0.15) is 0 Å². The van der Waals surface area contributed by atoms with Crippen LogP contribution in [-0.2, 0) is 4.79 Å². The van der Waals surface area contributed by atoms with E-state index in [9.17, 15) is 4.79 Å². The molecule has 6 heteroatoms. The molecule has 0 saturated carbocycles. The van der Waals surface area contributed by atoms with E-state index in [1.165, 1.54) is 0 Å². The number of benzene rings is 1. The lowest BCUT2D eigenvalue weighted by molar-refractivity contribution is -0.122. The van der Waals surface area contributed by atoms with E-state index >= 15 is 0 Å². The number of amides is 1. The van der Waals surface area contributed by atoms with Crippen LogP contribution in [0.25, 0.3) is 0 Å². The molecule has 1 amide bonds. The first-order valence-corrected chi connectivity index (χ1v) is 7.42. The number of hydrogen-bond acceptors (Lipinski definition) is 3. The Morgan fingerprint density at radius 2 is 2.14 bits per heavy atom. The third kappa shape index (κ3) is 8.15. The van der Waals surface area contributed by atoms with Crippen LogP contribution >= 0.6 is 24.0 Å². The quantitative estimate of drug-likeness (QED) is 0.729. The number of ether oxygens (including phenoxy) is 1. The maximum atomic E-state index is 11.8. The fraction of sp³-hybridized carbons (Fsp3) is 0.533. The highest BCUT2D eigenvalue weighted by molar-refractivity contribution is 6.32. The second-order valence-corrected chi connectivity index (χ2v) is 5.08. The van der Waals surface area contributed by atoms with Crippen molar-refractivity contribution in [2.45, 2.75) is 38.6 Å². The topological polar surface area (TPSA) is 64.3 Å². The van der Waals surface area contributed by atoms with Crippen molar-refractivity contribution in [3.05, 3.63) is 29.3 Å². The molecule has 0 spiro atoms. The minimum atomic E-state index is -0.0383. The number of unbranched alkanes of at least 4 members (excludes halogenated alkanes) is 1. The van der Waals surface area contributed by atoms with Crippen LogP contribution < -0.4 is 15.8 Å². The summed E-state index contributed by atoms with van der Waals surface area (Å²) in [5.74, 6) is 0.562. The summed E-state index contributed by atoms with van der Waals surface area (Å²) in [5, 5.41) is 3.48. The van der Waals surface area contributed by atoms with Crippen LogP contribution in [-0.4, -0.2) is 25.1 Å². The lowest BCUT2D eigenvalue weighted by atomic mass is 10.1. The average molecular weight is 335 g/mol. The first-order valence-electron chi connectivity index (χ1n) is 7.04. The van der Waals surface area contributed by atoms with Crippen LogP contribution in [0.3, 0.4) is 0 Å². The van der Waals surface area contributed by atoms with Crippen molar-refractivity contribution >= 4 is 29.9 Å². The number of nitrogens with two attached hydrogens (primary N) is 1. The Labute approximate surface area is 137 Å². The van der Waals surface area contributed by atoms with Crippen molar-refractivity contribution in [2.24, 2.45) is 5.73 Å². The molecule has 120 valence electrons. The van der Waals surface area contributed by atoms with Gasteiger partial charge in [0.25, 0.3) is 0 Å². The van der Waals surface area contributed by atoms with Crippen molar-refractivity contribution in [3.8, 4) is 5.75 Å². The maximum Gasteiger partial charge on any atom is 0.223 e. The highest BCUT2D eigenvalue weighted by atomic mass is 35.5. The Morgan fingerprint density at radius 1 is 1.43 bits per heavy atom. The van der Waals surface area contributed by atoms with Gasteiger partial charge in [0.05, 0.1) is 18.1 Å². The van der Waals surface area contributed by atoms with E-state index in [1.54, 1.807) is 12.1 Å². The molecule has 1 unspecified atom stereocenters. The normalized spacial score (nSPS) is 11.4. The van der Waals surface area contributed by atoms with Gasteiger partial charge in [0, 0.05) is 12.6 Å². The van der Waals surface area contributed by atoms with E-state index in [0.29, 0.717) is 30.3 Å². The van der Waals surface area contributed by atoms with Gasteiger partial charge in [-0.1, -0.05) is 43.5 Å². The molecule has 4 nitrogen and oxygen atoms in total. The Hall–Kier alpha value is -0.970. The van der Waals surface area contributed by atoms with Gasteiger partial charge in [-0.25, -0.2) is 0 Å². The van der Waals surface area contributed by atoms with Gasteiger partial charge in [-0.05, 0) is 18.6 Å². The summed E-state index contributed by atoms with van der Waals surface area (Å²) < 4.78 is 5.48. The molecule has 1 aromatic carbocycles. The van der Waals surface area contributed by atoms with Crippen LogP contribution in [0.5, 0.6) is 5.75 Å². The fourth-order valence-electron chi connectivity index (χ4n) is 1.81. The Morgan fingerprint density at radius 3 is 2.76 bits per heavy atom. The Balaban J connectivity index is 0.00000400. The Kier molecular flexibility index (Phi) is 11.1. The summed E-state index contributed by atoms with van der Waals surface area (Å²) in [5.41, 5.74) is 5.64. The van der Waals surface area contributed by atoms with Crippen molar-refractivity contribution in [1.82, 2.24) is 5.32 Å². The molecule has 1 atom stereocenters. The van der Waals surface area contributed by atoms with Gasteiger partial charge in [-0.15, -0.1) is 12.4 Å². The molecule has 0 heterocycles. The predicted molar refractivity (Wildman–Crippen MR) is 89.3 cm³/mol. The second kappa shape index (κ2) is 11.7. The summed E-state index contributed by atoms with van der Waals surface area (Å²) in [6.45, 7) is 2.89. The monoisotopic (exact) mass is 334 g/mol. The molecule has 0 fully saturated rings. The van der Waals surface area contributed by atoms with Crippen molar-refractivity contribution in [2.75, 3.05) is 13.2 Å². The zero-order valence-corrected chi connectivity index (χ0v) is 13.9. The molecule has 0 aliphatic heterocycles. The molecule has 0 aromatic heterocycles. The number of carbonyl (C=O) groups excluding carboxylic acids is 1. The lowest BCUT2D eigenvalue weighted by Crippen LogP contribution is -2.40. The van der Waals surface area contributed by atoms with Crippen LogP contribution in [0.1, 0.15) is 32.6 Å². The van der Waals surface area contributed by atoms with E-state index in [1.807, 2.05) is 12.1 Å². The molecule has 3 N–H and O–H groups in total. The zero-order chi connectivity index (χ0) is 14.8.